The number of aliphatic hydroxyl groups excluding tert-OH is 1. The van der Waals surface area contributed by atoms with E-state index in [4.69, 9.17) is 0 Å². The number of hydrogen-bond acceptors (Lipinski definition) is 3. The number of imidazole rings is 1. The third-order valence-electron chi connectivity index (χ3n) is 4.90. The van der Waals surface area contributed by atoms with E-state index in [0.717, 1.165) is 31.7 Å². The lowest BCUT2D eigenvalue weighted by Gasteiger charge is -2.35. The molecule has 4 nitrogen and oxygen atoms in total. The molecule has 0 aliphatic carbocycles. The van der Waals surface area contributed by atoms with Crippen molar-refractivity contribution < 1.29 is 5.11 Å². The van der Waals surface area contributed by atoms with Gasteiger partial charge in [0.2, 0.25) is 0 Å². The van der Waals surface area contributed by atoms with Crippen LogP contribution in [0.5, 0.6) is 0 Å². The van der Waals surface area contributed by atoms with E-state index in [1.54, 1.807) is 0 Å². The van der Waals surface area contributed by atoms with Gasteiger partial charge in [0.05, 0.1) is 12.6 Å². The molecule has 1 aromatic heterocycles. The minimum Gasteiger partial charge on any atom is -0.391 e. The molecule has 2 aliphatic heterocycles. The smallest absolute Gasteiger partial charge is 0.109 e. The van der Waals surface area contributed by atoms with Gasteiger partial charge in [0.25, 0.3) is 0 Å². The Morgan fingerprint density at radius 1 is 1.35 bits per heavy atom. The monoisotopic (exact) mass is 277 g/mol. The third kappa shape index (κ3) is 2.91. The third-order valence-corrected chi connectivity index (χ3v) is 4.90. The SMILES string of the molecule is CC(C)N1CCCC(Cc2ncc3n2CC(O)CC3)C1. The van der Waals surface area contributed by atoms with Crippen LogP contribution in [-0.4, -0.2) is 44.8 Å². The van der Waals surface area contributed by atoms with E-state index in [-0.39, 0.29) is 6.10 Å². The van der Waals surface area contributed by atoms with E-state index < -0.39 is 0 Å². The van der Waals surface area contributed by atoms with Crippen LogP contribution in [0.4, 0.5) is 0 Å². The van der Waals surface area contributed by atoms with Crippen molar-refractivity contribution in [3.63, 3.8) is 0 Å². The minimum atomic E-state index is -0.186. The van der Waals surface area contributed by atoms with Crippen molar-refractivity contribution in [2.45, 2.75) is 64.6 Å². The first-order valence-corrected chi connectivity index (χ1v) is 8.09. The molecule has 0 aromatic carbocycles. The topological polar surface area (TPSA) is 41.3 Å². The van der Waals surface area contributed by atoms with Gasteiger partial charge < -0.3 is 14.6 Å². The summed E-state index contributed by atoms with van der Waals surface area (Å²) in [6.07, 6.45) is 7.37. The molecule has 1 saturated heterocycles. The number of hydrogen-bond donors (Lipinski definition) is 1. The fraction of sp³-hybridized carbons (Fsp3) is 0.812. The number of aromatic nitrogens is 2. The zero-order valence-electron chi connectivity index (χ0n) is 12.8. The summed E-state index contributed by atoms with van der Waals surface area (Å²) in [6, 6.07) is 0.647. The summed E-state index contributed by atoms with van der Waals surface area (Å²) < 4.78 is 2.27. The molecule has 1 aromatic rings. The lowest BCUT2D eigenvalue weighted by atomic mass is 9.93. The van der Waals surface area contributed by atoms with E-state index in [1.807, 2.05) is 6.20 Å². The molecule has 1 fully saturated rings. The molecule has 2 aliphatic rings. The summed E-state index contributed by atoms with van der Waals surface area (Å²) in [5, 5.41) is 9.86. The van der Waals surface area contributed by atoms with Crippen LogP contribution in [0.2, 0.25) is 0 Å². The number of aryl methyl sites for hydroxylation is 1. The number of rotatable bonds is 3. The van der Waals surface area contributed by atoms with Gasteiger partial charge in [-0.15, -0.1) is 0 Å². The Morgan fingerprint density at radius 3 is 3.00 bits per heavy atom. The molecular weight excluding hydrogens is 250 g/mol. The fourth-order valence-electron chi connectivity index (χ4n) is 3.65. The molecule has 0 bridgehead atoms. The summed E-state index contributed by atoms with van der Waals surface area (Å²) in [5.74, 6) is 1.91. The largest absolute Gasteiger partial charge is 0.391 e. The van der Waals surface area contributed by atoms with Crippen LogP contribution in [0.15, 0.2) is 6.20 Å². The first kappa shape index (κ1) is 14.1. The van der Waals surface area contributed by atoms with E-state index in [2.05, 4.69) is 28.3 Å². The van der Waals surface area contributed by atoms with Crippen molar-refractivity contribution in [1.29, 1.82) is 0 Å². The molecule has 4 heteroatoms. The van der Waals surface area contributed by atoms with Crippen molar-refractivity contribution in [3.8, 4) is 0 Å². The predicted octanol–water partition coefficient (Wildman–Crippen LogP) is 1.85. The summed E-state index contributed by atoms with van der Waals surface area (Å²) in [5.41, 5.74) is 1.31. The standard InChI is InChI=1S/C16H27N3O/c1-12(2)18-7-3-4-13(10-18)8-16-17-9-14-5-6-15(20)11-19(14)16/h9,12-13,15,20H,3-8,10-11H2,1-2H3. The minimum absolute atomic E-state index is 0.186. The average molecular weight is 277 g/mol. The molecule has 0 amide bonds. The Kier molecular flexibility index (Phi) is 4.13. The van der Waals surface area contributed by atoms with Crippen molar-refractivity contribution in [1.82, 2.24) is 14.5 Å². The van der Waals surface area contributed by atoms with Gasteiger partial charge >= 0.3 is 0 Å². The van der Waals surface area contributed by atoms with Crippen molar-refractivity contribution in [3.05, 3.63) is 17.7 Å². The molecule has 1 N–H and O–H groups in total. The molecule has 0 radical (unpaired) electrons. The quantitative estimate of drug-likeness (QED) is 0.917. The van der Waals surface area contributed by atoms with Crippen LogP contribution in [0.3, 0.4) is 0 Å². The van der Waals surface area contributed by atoms with Gasteiger partial charge in [-0.1, -0.05) is 0 Å². The maximum atomic E-state index is 9.86. The highest BCUT2D eigenvalue weighted by molar-refractivity contribution is 5.09. The molecule has 3 rings (SSSR count). The molecule has 112 valence electrons. The Bertz CT molecular complexity index is 455. The molecule has 2 unspecified atom stereocenters. The van der Waals surface area contributed by atoms with Gasteiger partial charge in [0, 0.05) is 30.9 Å². The van der Waals surface area contributed by atoms with Gasteiger partial charge in [-0.2, -0.15) is 0 Å². The second kappa shape index (κ2) is 5.86. The van der Waals surface area contributed by atoms with Gasteiger partial charge in [-0.25, -0.2) is 4.98 Å². The van der Waals surface area contributed by atoms with Crippen LogP contribution in [0.1, 0.15) is 44.6 Å². The van der Waals surface area contributed by atoms with Crippen LogP contribution in [0.25, 0.3) is 0 Å². The second-order valence-corrected chi connectivity index (χ2v) is 6.77. The maximum Gasteiger partial charge on any atom is 0.109 e. The summed E-state index contributed by atoms with van der Waals surface area (Å²) in [4.78, 5) is 7.22. The Balaban J connectivity index is 1.67. The molecule has 20 heavy (non-hydrogen) atoms. The molecular formula is C16H27N3O. The lowest BCUT2D eigenvalue weighted by molar-refractivity contribution is 0.124. The van der Waals surface area contributed by atoms with Crippen molar-refractivity contribution in [2.24, 2.45) is 5.92 Å². The van der Waals surface area contributed by atoms with Gasteiger partial charge in [-0.05, 0) is 52.0 Å². The first-order valence-electron chi connectivity index (χ1n) is 8.09. The highest BCUT2D eigenvalue weighted by Crippen LogP contribution is 2.24. The Hall–Kier alpha value is -0.870. The number of aliphatic hydroxyl groups is 1. The number of fused-ring (bicyclic) bond motifs is 1. The van der Waals surface area contributed by atoms with Crippen LogP contribution in [-0.2, 0) is 19.4 Å². The highest BCUT2D eigenvalue weighted by atomic mass is 16.3. The second-order valence-electron chi connectivity index (χ2n) is 6.77. The number of nitrogens with zero attached hydrogens (tertiary/aromatic N) is 3. The van der Waals surface area contributed by atoms with E-state index in [0.29, 0.717) is 6.04 Å². The molecule has 2 atom stereocenters. The maximum absolute atomic E-state index is 9.86. The zero-order chi connectivity index (χ0) is 14.1. The highest BCUT2D eigenvalue weighted by Gasteiger charge is 2.25. The zero-order valence-corrected chi connectivity index (χ0v) is 12.8. The van der Waals surface area contributed by atoms with Crippen molar-refractivity contribution in [2.75, 3.05) is 13.1 Å². The lowest BCUT2D eigenvalue weighted by Crippen LogP contribution is -2.40. The summed E-state index contributed by atoms with van der Waals surface area (Å²) in [7, 11) is 0. The van der Waals surface area contributed by atoms with Gasteiger partial charge in [-0.3, -0.25) is 0 Å². The summed E-state index contributed by atoms with van der Waals surface area (Å²) in [6.45, 7) is 7.76. The van der Waals surface area contributed by atoms with E-state index in [1.165, 1.54) is 37.4 Å². The molecule has 0 saturated carbocycles. The van der Waals surface area contributed by atoms with Gasteiger partial charge in [0.1, 0.15) is 5.82 Å². The molecule has 3 heterocycles. The summed E-state index contributed by atoms with van der Waals surface area (Å²) >= 11 is 0. The Morgan fingerprint density at radius 2 is 2.20 bits per heavy atom. The van der Waals surface area contributed by atoms with Crippen LogP contribution < -0.4 is 0 Å². The Labute approximate surface area is 121 Å². The van der Waals surface area contributed by atoms with Crippen LogP contribution in [0, 0.1) is 5.92 Å². The number of likely N-dealkylation sites (tertiary alicyclic amines) is 1. The van der Waals surface area contributed by atoms with Crippen LogP contribution >= 0.6 is 0 Å². The number of piperidine rings is 1. The predicted molar refractivity (Wildman–Crippen MR) is 79.7 cm³/mol. The normalized spacial score (nSPS) is 27.8. The van der Waals surface area contributed by atoms with E-state index >= 15 is 0 Å². The average Bonchev–Trinajstić information content (AvgIpc) is 2.82. The fourth-order valence-corrected chi connectivity index (χ4v) is 3.65. The van der Waals surface area contributed by atoms with Crippen molar-refractivity contribution >= 4 is 0 Å². The van der Waals surface area contributed by atoms with Gasteiger partial charge in [0.15, 0.2) is 0 Å². The molecule has 0 spiro atoms. The first-order chi connectivity index (χ1) is 9.63. The van der Waals surface area contributed by atoms with E-state index in [9.17, 15) is 5.11 Å².